The predicted molar refractivity (Wildman–Crippen MR) is 92.5 cm³/mol. The first-order valence-corrected chi connectivity index (χ1v) is 7.61. The highest BCUT2D eigenvalue weighted by atomic mass is 127. The molecule has 0 aliphatic rings. The molecule has 0 radical (unpaired) electrons. The number of hydrogen-bond donors (Lipinski definition) is 2. The summed E-state index contributed by atoms with van der Waals surface area (Å²) in [4.78, 5) is 24.6. The molecule has 0 unspecified atom stereocenters. The first kappa shape index (κ1) is 14.7. The molecule has 3 aromatic rings. The maximum atomic E-state index is 12.7. The lowest BCUT2D eigenvalue weighted by Gasteiger charge is -2.04. The minimum Gasteiger partial charge on any atom is -0.290 e. The number of nitrogens with two attached hydrogens (primary N) is 1. The highest BCUT2D eigenvalue weighted by molar-refractivity contribution is 14.1. The summed E-state index contributed by atoms with van der Waals surface area (Å²) in [7, 11) is 0. The molecule has 1 heterocycles. The van der Waals surface area contributed by atoms with Crippen LogP contribution in [0.4, 0.5) is 0 Å². The maximum absolute atomic E-state index is 12.7. The molecule has 0 aliphatic heterocycles. The van der Waals surface area contributed by atoms with Crippen molar-refractivity contribution in [2.75, 3.05) is 0 Å². The Morgan fingerprint density at radius 1 is 1.09 bits per heavy atom. The van der Waals surface area contributed by atoms with Crippen LogP contribution in [0.3, 0.4) is 0 Å². The molecule has 3 N–H and O–H groups in total. The van der Waals surface area contributed by atoms with Crippen molar-refractivity contribution in [1.29, 1.82) is 0 Å². The Labute approximate surface area is 140 Å². The van der Waals surface area contributed by atoms with Crippen molar-refractivity contribution >= 4 is 45.3 Å². The zero-order valence-electron chi connectivity index (χ0n) is 11.4. The number of carbonyl (C=O) groups excluding carboxylic acids is 2. The van der Waals surface area contributed by atoms with E-state index in [0.29, 0.717) is 22.0 Å². The summed E-state index contributed by atoms with van der Waals surface area (Å²) in [5.41, 5.74) is 3.72. The van der Waals surface area contributed by atoms with Crippen molar-refractivity contribution in [3.63, 3.8) is 0 Å². The summed E-state index contributed by atoms with van der Waals surface area (Å²) >= 11 is 2.16. The van der Waals surface area contributed by atoms with Crippen molar-refractivity contribution in [3.8, 4) is 0 Å². The third-order valence-corrected chi connectivity index (χ3v) is 4.05. The summed E-state index contributed by atoms with van der Waals surface area (Å²) in [5, 5.41) is 0.685. The van der Waals surface area contributed by atoms with E-state index in [9.17, 15) is 9.59 Å². The van der Waals surface area contributed by atoms with Crippen LogP contribution in [0.15, 0.2) is 54.7 Å². The van der Waals surface area contributed by atoms with Crippen molar-refractivity contribution in [2.45, 2.75) is 0 Å². The van der Waals surface area contributed by atoms with E-state index < -0.39 is 5.91 Å². The lowest BCUT2D eigenvalue weighted by Crippen LogP contribution is -2.29. The number of rotatable bonds is 2. The molecule has 1 amide bonds. The van der Waals surface area contributed by atoms with Crippen LogP contribution in [0.5, 0.6) is 0 Å². The molecule has 6 heteroatoms. The minimum atomic E-state index is -0.426. The van der Waals surface area contributed by atoms with Crippen LogP contribution in [0.25, 0.3) is 10.9 Å². The number of carbonyl (C=O) groups is 2. The summed E-state index contributed by atoms with van der Waals surface area (Å²) < 4.78 is 2.45. The number of aromatic nitrogens is 1. The lowest BCUT2D eigenvalue weighted by atomic mass is 10.1. The van der Waals surface area contributed by atoms with Crippen LogP contribution in [-0.2, 0) is 0 Å². The van der Waals surface area contributed by atoms with Gasteiger partial charge in [0.1, 0.15) is 0 Å². The largest absolute Gasteiger partial charge is 0.290 e. The van der Waals surface area contributed by atoms with Gasteiger partial charge in [0.15, 0.2) is 0 Å². The average Bonchev–Trinajstić information content (AvgIpc) is 2.93. The molecule has 0 atom stereocenters. The van der Waals surface area contributed by atoms with Crippen molar-refractivity contribution in [1.82, 2.24) is 9.99 Å². The normalized spacial score (nSPS) is 10.6. The third-order valence-electron chi connectivity index (χ3n) is 3.38. The van der Waals surface area contributed by atoms with Gasteiger partial charge in [0, 0.05) is 20.7 Å². The molecule has 3 rings (SSSR count). The Kier molecular flexibility index (Phi) is 3.95. The summed E-state index contributed by atoms with van der Waals surface area (Å²) in [5.74, 6) is 4.60. The van der Waals surface area contributed by atoms with E-state index >= 15 is 0 Å². The molecule has 0 aliphatic carbocycles. The van der Waals surface area contributed by atoms with Gasteiger partial charge in [0.2, 0.25) is 0 Å². The third kappa shape index (κ3) is 2.51. The van der Waals surface area contributed by atoms with Crippen LogP contribution in [0.1, 0.15) is 20.7 Å². The van der Waals surface area contributed by atoms with Crippen molar-refractivity contribution < 1.29 is 9.59 Å². The summed E-state index contributed by atoms with van der Waals surface area (Å²) in [6.07, 6.45) is 1.52. The Balaban J connectivity index is 2.19. The van der Waals surface area contributed by atoms with Gasteiger partial charge in [-0.2, -0.15) is 0 Å². The number of benzene rings is 2. The fraction of sp³-hybridized carbons (Fsp3) is 0. The predicted octanol–water partition coefficient (Wildman–Crippen LogP) is 2.54. The van der Waals surface area contributed by atoms with Gasteiger partial charge in [-0.3, -0.25) is 19.6 Å². The molecular weight excluding hydrogens is 393 g/mol. The second kappa shape index (κ2) is 5.90. The average molecular weight is 405 g/mol. The number of nitrogens with zero attached hydrogens (tertiary/aromatic N) is 1. The van der Waals surface area contributed by atoms with Gasteiger partial charge < -0.3 is 0 Å². The quantitative estimate of drug-likeness (QED) is 0.298. The fourth-order valence-electron chi connectivity index (χ4n) is 2.37. The SMILES string of the molecule is NNC(=O)c1cn(C(=O)c2cccc(I)c2)c2ccccc12. The van der Waals surface area contributed by atoms with Gasteiger partial charge >= 0.3 is 0 Å². The van der Waals surface area contributed by atoms with Gasteiger partial charge in [-0.05, 0) is 46.9 Å². The van der Waals surface area contributed by atoms with Crippen LogP contribution in [0.2, 0.25) is 0 Å². The number of halogens is 1. The zero-order chi connectivity index (χ0) is 15.7. The van der Waals surface area contributed by atoms with E-state index in [2.05, 4.69) is 28.0 Å². The summed E-state index contributed by atoms with van der Waals surface area (Å²) in [6, 6.07) is 14.5. The lowest BCUT2D eigenvalue weighted by molar-refractivity contribution is 0.0955. The van der Waals surface area contributed by atoms with E-state index in [1.54, 1.807) is 24.3 Å². The number of amides is 1. The standard InChI is InChI=1S/C16H12IN3O2/c17-11-5-3-4-10(8-11)16(22)20-9-13(15(21)19-18)12-6-1-2-7-14(12)20/h1-9H,18H2,(H,19,21). The summed E-state index contributed by atoms with van der Waals surface area (Å²) in [6.45, 7) is 0. The first-order chi connectivity index (χ1) is 10.6. The topological polar surface area (TPSA) is 77.1 Å². The van der Waals surface area contributed by atoms with Crippen LogP contribution < -0.4 is 11.3 Å². The molecule has 0 saturated heterocycles. The van der Waals surface area contributed by atoms with E-state index in [1.807, 2.05) is 24.3 Å². The zero-order valence-corrected chi connectivity index (χ0v) is 13.6. The van der Waals surface area contributed by atoms with E-state index in [1.165, 1.54) is 10.8 Å². The Bertz CT molecular complexity index is 886. The van der Waals surface area contributed by atoms with Crippen LogP contribution in [-0.4, -0.2) is 16.4 Å². The Morgan fingerprint density at radius 2 is 1.86 bits per heavy atom. The number of hydrogen-bond acceptors (Lipinski definition) is 3. The van der Waals surface area contributed by atoms with Crippen molar-refractivity contribution in [2.24, 2.45) is 5.84 Å². The Morgan fingerprint density at radius 3 is 2.59 bits per heavy atom. The molecule has 2 aromatic carbocycles. The fourth-order valence-corrected chi connectivity index (χ4v) is 2.91. The van der Waals surface area contributed by atoms with Crippen LogP contribution in [0, 0.1) is 3.57 Å². The molecule has 5 nitrogen and oxygen atoms in total. The van der Waals surface area contributed by atoms with Gasteiger partial charge in [-0.25, -0.2) is 5.84 Å². The second-order valence-electron chi connectivity index (χ2n) is 4.72. The molecule has 0 saturated carbocycles. The molecule has 0 bridgehead atoms. The van der Waals surface area contributed by atoms with Gasteiger partial charge in [0.25, 0.3) is 11.8 Å². The monoisotopic (exact) mass is 405 g/mol. The van der Waals surface area contributed by atoms with E-state index in [4.69, 9.17) is 5.84 Å². The van der Waals surface area contributed by atoms with Crippen molar-refractivity contribution in [3.05, 3.63) is 69.4 Å². The van der Waals surface area contributed by atoms with Gasteiger partial charge in [-0.1, -0.05) is 24.3 Å². The molecule has 0 spiro atoms. The number of nitrogen functional groups attached to an aromatic ring is 1. The number of hydrazine groups is 1. The number of para-hydroxylation sites is 1. The molecule has 0 fully saturated rings. The van der Waals surface area contributed by atoms with Gasteiger partial charge in [-0.15, -0.1) is 0 Å². The highest BCUT2D eigenvalue weighted by Gasteiger charge is 2.18. The van der Waals surface area contributed by atoms with E-state index in [0.717, 1.165) is 3.57 Å². The maximum Gasteiger partial charge on any atom is 0.267 e. The van der Waals surface area contributed by atoms with Gasteiger partial charge in [0.05, 0.1) is 11.1 Å². The van der Waals surface area contributed by atoms with Crippen LogP contribution >= 0.6 is 22.6 Å². The number of nitrogens with one attached hydrogen (secondary N) is 1. The molecule has 22 heavy (non-hydrogen) atoms. The molecular formula is C16H12IN3O2. The Hall–Kier alpha value is -2.19. The van der Waals surface area contributed by atoms with E-state index in [-0.39, 0.29) is 5.91 Å². The second-order valence-corrected chi connectivity index (χ2v) is 5.96. The minimum absolute atomic E-state index is 0.189. The molecule has 110 valence electrons. The molecule has 1 aromatic heterocycles. The number of fused-ring (bicyclic) bond motifs is 1. The first-order valence-electron chi connectivity index (χ1n) is 6.53. The smallest absolute Gasteiger partial charge is 0.267 e. The highest BCUT2D eigenvalue weighted by Crippen LogP contribution is 2.22.